The second kappa shape index (κ2) is 7.31. The Hall–Kier alpha value is -3.80. The molecule has 0 aliphatic carbocycles. The SMILES string of the molecule is C[C@H](NC(=O)c1ccc2c(c1)C(=O)N(c1ccc(F)cc1)C2=O)c1ccccc1. The van der Waals surface area contributed by atoms with E-state index in [9.17, 15) is 18.8 Å². The molecule has 144 valence electrons. The molecular weight excluding hydrogens is 371 g/mol. The number of anilines is 1. The molecule has 0 bridgehead atoms. The average molecular weight is 388 g/mol. The van der Waals surface area contributed by atoms with Crippen molar-refractivity contribution in [2.45, 2.75) is 13.0 Å². The number of imide groups is 1. The Labute approximate surface area is 166 Å². The maximum absolute atomic E-state index is 13.2. The highest BCUT2D eigenvalue weighted by Gasteiger charge is 2.37. The molecule has 0 unspecified atom stereocenters. The minimum atomic E-state index is -0.539. The van der Waals surface area contributed by atoms with Crippen LogP contribution in [0.5, 0.6) is 0 Å². The Balaban J connectivity index is 1.58. The Kier molecular flexibility index (Phi) is 4.68. The van der Waals surface area contributed by atoms with Gasteiger partial charge in [-0.2, -0.15) is 0 Å². The van der Waals surface area contributed by atoms with Crippen molar-refractivity contribution in [3.05, 3.63) is 101 Å². The van der Waals surface area contributed by atoms with Crippen LogP contribution in [-0.2, 0) is 0 Å². The number of carbonyl (C=O) groups is 3. The summed E-state index contributed by atoms with van der Waals surface area (Å²) in [6.07, 6.45) is 0. The van der Waals surface area contributed by atoms with Crippen LogP contribution in [-0.4, -0.2) is 17.7 Å². The van der Waals surface area contributed by atoms with Crippen LogP contribution in [0.2, 0.25) is 0 Å². The lowest BCUT2D eigenvalue weighted by atomic mass is 10.0. The number of hydrogen-bond acceptors (Lipinski definition) is 3. The first-order valence-electron chi connectivity index (χ1n) is 9.10. The number of fused-ring (bicyclic) bond motifs is 1. The van der Waals surface area contributed by atoms with E-state index in [0.29, 0.717) is 0 Å². The maximum Gasteiger partial charge on any atom is 0.266 e. The fourth-order valence-corrected chi connectivity index (χ4v) is 3.31. The summed E-state index contributed by atoms with van der Waals surface area (Å²) in [4.78, 5) is 39.1. The van der Waals surface area contributed by atoms with Crippen molar-refractivity contribution in [1.29, 1.82) is 0 Å². The number of carbonyl (C=O) groups excluding carboxylic acids is 3. The van der Waals surface area contributed by atoms with Gasteiger partial charge in [0.1, 0.15) is 5.82 Å². The Morgan fingerprint density at radius 1 is 0.897 bits per heavy atom. The van der Waals surface area contributed by atoms with Gasteiger partial charge in [0.2, 0.25) is 0 Å². The molecular formula is C23H17FN2O3. The lowest BCUT2D eigenvalue weighted by Gasteiger charge is -2.14. The minimum absolute atomic E-state index is 0.152. The Bertz CT molecular complexity index is 1110. The van der Waals surface area contributed by atoms with Gasteiger partial charge in [0.05, 0.1) is 22.9 Å². The van der Waals surface area contributed by atoms with Crippen LogP contribution in [0.25, 0.3) is 0 Å². The van der Waals surface area contributed by atoms with Crippen molar-refractivity contribution in [2.24, 2.45) is 0 Å². The van der Waals surface area contributed by atoms with E-state index in [2.05, 4.69) is 5.32 Å². The van der Waals surface area contributed by atoms with Crippen LogP contribution in [0.3, 0.4) is 0 Å². The normalized spacial score (nSPS) is 13.9. The van der Waals surface area contributed by atoms with Gasteiger partial charge in [-0.1, -0.05) is 30.3 Å². The molecule has 6 heteroatoms. The first kappa shape index (κ1) is 18.6. The Morgan fingerprint density at radius 2 is 1.55 bits per heavy atom. The van der Waals surface area contributed by atoms with Gasteiger partial charge in [-0.25, -0.2) is 9.29 Å². The molecule has 0 saturated carbocycles. The van der Waals surface area contributed by atoms with Gasteiger partial charge >= 0.3 is 0 Å². The fraction of sp³-hybridized carbons (Fsp3) is 0.0870. The van der Waals surface area contributed by atoms with Crippen LogP contribution in [0.15, 0.2) is 72.8 Å². The number of benzene rings is 3. The van der Waals surface area contributed by atoms with Gasteiger partial charge in [-0.15, -0.1) is 0 Å². The summed E-state index contributed by atoms with van der Waals surface area (Å²) in [5.74, 6) is -1.84. The molecule has 1 aliphatic heterocycles. The van der Waals surface area contributed by atoms with Crippen LogP contribution < -0.4 is 10.2 Å². The monoisotopic (exact) mass is 388 g/mol. The zero-order chi connectivity index (χ0) is 20.5. The first-order chi connectivity index (χ1) is 14.0. The fourth-order valence-electron chi connectivity index (χ4n) is 3.31. The molecule has 0 fully saturated rings. The van der Waals surface area contributed by atoms with Gasteiger partial charge in [-0.3, -0.25) is 14.4 Å². The third-order valence-electron chi connectivity index (χ3n) is 4.88. The largest absolute Gasteiger partial charge is 0.346 e. The molecule has 0 saturated heterocycles. The Morgan fingerprint density at radius 3 is 2.24 bits per heavy atom. The maximum atomic E-state index is 13.2. The lowest BCUT2D eigenvalue weighted by Crippen LogP contribution is -2.29. The van der Waals surface area contributed by atoms with E-state index in [0.717, 1.165) is 10.5 Å². The van der Waals surface area contributed by atoms with Gasteiger partial charge in [0.15, 0.2) is 0 Å². The van der Waals surface area contributed by atoms with Crippen molar-refractivity contribution in [3.63, 3.8) is 0 Å². The highest BCUT2D eigenvalue weighted by Crippen LogP contribution is 2.29. The van der Waals surface area contributed by atoms with Gasteiger partial charge < -0.3 is 5.32 Å². The molecule has 1 N–H and O–H groups in total. The van der Waals surface area contributed by atoms with Crippen LogP contribution >= 0.6 is 0 Å². The van der Waals surface area contributed by atoms with E-state index < -0.39 is 17.6 Å². The van der Waals surface area contributed by atoms with E-state index in [4.69, 9.17) is 0 Å². The minimum Gasteiger partial charge on any atom is -0.346 e. The topological polar surface area (TPSA) is 66.5 Å². The number of rotatable bonds is 4. The zero-order valence-electron chi connectivity index (χ0n) is 15.6. The van der Waals surface area contributed by atoms with Crippen molar-refractivity contribution in [3.8, 4) is 0 Å². The highest BCUT2D eigenvalue weighted by molar-refractivity contribution is 6.34. The van der Waals surface area contributed by atoms with Crippen LogP contribution in [0.4, 0.5) is 10.1 Å². The van der Waals surface area contributed by atoms with Gasteiger partial charge in [-0.05, 0) is 55.0 Å². The molecule has 0 aromatic heterocycles. The summed E-state index contributed by atoms with van der Waals surface area (Å²) in [6, 6.07) is 18.8. The number of amides is 3. The molecule has 5 nitrogen and oxygen atoms in total. The van der Waals surface area contributed by atoms with E-state index in [1.807, 2.05) is 37.3 Å². The third kappa shape index (κ3) is 3.40. The predicted molar refractivity (Wildman–Crippen MR) is 106 cm³/mol. The van der Waals surface area contributed by atoms with Crippen molar-refractivity contribution >= 4 is 23.4 Å². The molecule has 29 heavy (non-hydrogen) atoms. The van der Waals surface area contributed by atoms with E-state index in [1.165, 1.54) is 42.5 Å². The van der Waals surface area contributed by atoms with Crippen LogP contribution in [0, 0.1) is 5.82 Å². The third-order valence-corrected chi connectivity index (χ3v) is 4.88. The lowest BCUT2D eigenvalue weighted by molar-refractivity contribution is 0.0921. The van der Waals surface area contributed by atoms with E-state index in [1.54, 1.807) is 0 Å². The molecule has 0 spiro atoms. The average Bonchev–Trinajstić information content (AvgIpc) is 2.99. The number of nitrogens with zero attached hydrogens (tertiary/aromatic N) is 1. The predicted octanol–water partition coefficient (Wildman–Crippen LogP) is 4.12. The molecule has 0 radical (unpaired) electrons. The highest BCUT2D eigenvalue weighted by atomic mass is 19.1. The molecule has 1 heterocycles. The quantitative estimate of drug-likeness (QED) is 0.684. The van der Waals surface area contributed by atoms with Crippen LogP contribution in [0.1, 0.15) is 49.6 Å². The molecule has 3 aromatic rings. The smallest absolute Gasteiger partial charge is 0.266 e. The molecule has 3 amide bonds. The summed E-state index contributed by atoms with van der Waals surface area (Å²) < 4.78 is 13.2. The van der Waals surface area contributed by atoms with Gasteiger partial charge in [0.25, 0.3) is 17.7 Å². The molecule has 1 atom stereocenters. The van der Waals surface area contributed by atoms with Crippen molar-refractivity contribution in [2.75, 3.05) is 4.90 Å². The molecule has 1 aliphatic rings. The number of halogens is 1. The second-order valence-corrected chi connectivity index (χ2v) is 6.79. The molecule has 4 rings (SSSR count). The van der Waals surface area contributed by atoms with Crippen molar-refractivity contribution < 1.29 is 18.8 Å². The summed E-state index contributed by atoms with van der Waals surface area (Å²) in [6.45, 7) is 1.87. The second-order valence-electron chi connectivity index (χ2n) is 6.79. The first-order valence-corrected chi connectivity index (χ1v) is 9.10. The number of hydrogen-bond donors (Lipinski definition) is 1. The summed E-state index contributed by atoms with van der Waals surface area (Å²) in [5, 5.41) is 2.89. The molecule has 3 aromatic carbocycles. The summed E-state index contributed by atoms with van der Waals surface area (Å²) in [5.41, 5.74) is 1.89. The van der Waals surface area contributed by atoms with E-state index in [-0.39, 0.29) is 34.3 Å². The van der Waals surface area contributed by atoms with Gasteiger partial charge in [0, 0.05) is 5.56 Å². The standard InChI is InChI=1S/C23H17FN2O3/c1-14(15-5-3-2-4-6-15)25-21(27)16-7-12-19-20(13-16)23(29)26(22(19)28)18-10-8-17(24)9-11-18/h2-14H,1H3,(H,25,27)/t14-/m0/s1. The van der Waals surface area contributed by atoms with E-state index >= 15 is 0 Å². The summed E-state index contributed by atoms with van der Waals surface area (Å²) in [7, 11) is 0. The number of nitrogens with one attached hydrogen (secondary N) is 1. The summed E-state index contributed by atoms with van der Waals surface area (Å²) >= 11 is 0. The zero-order valence-corrected chi connectivity index (χ0v) is 15.6. The van der Waals surface area contributed by atoms with Crippen molar-refractivity contribution in [1.82, 2.24) is 5.32 Å².